The van der Waals surface area contributed by atoms with Crippen molar-refractivity contribution in [2.75, 3.05) is 0 Å². The molecule has 0 amide bonds. The molecule has 1 heteroatoms. The van der Waals surface area contributed by atoms with E-state index in [1.807, 2.05) is 0 Å². The molecule has 0 bridgehead atoms. The lowest BCUT2D eigenvalue weighted by molar-refractivity contribution is -0.0219. The number of allylic oxidation sites excluding steroid dienone is 2. The normalized spacial score (nSPS) is 54.9. The van der Waals surface area contributed by atoms with Crippen LogP contribution in [0.2, 0.25) is 0 Å². The zero-order valence-electron chi connectivity index (χ0n) is 5.62. The first kappa shape index (κ1) is 5.48. The van der Waals surface area contributed by atoms with Gasteiger partial charge in [0.15, 0.2) is 0 Å². The molecule has 0 spiro atoms. The first-order valence-corrected chi connectivity index (χ1v) is 3.65. The Morgan fingerprint density at radius 2 is 2.22 bits per heavy atom. The Labute approximate surface area is 55.4 Å². The first-order chi connectivity index (χ1) is 4.29. The molecule has 50 valence electrons. The van der Waals surface area contributed by atoms with E-state index in [2.05, 4.69) is 19.1 Å². The van der Waals surface area contributed by atoms with Gasteiger partial charge in [0, 0.05) is 0 Å². The van der Waals surface area contributed by atoms with Crippen LogP contribution >= 0.6 is 0 Å². The molecule has 1 saturated carbocycles. The Morgan fingerprint density at radius 1 is 1.44 bits per heavy atom. The molecule has 0 heterocycles. The van der Waals surface area contributed by atoms with E-state index in [1.54, 1.807) is 0 Å². The topological polar surface area (TPSA) is 20.2 Å². The van der Waals surface area contributed by atoms with Gasteiger partial charge in [-0.05, 0) is 24.2 Å². The first-order valence-electron chi connectivity index (χ1n) is 3.65. The highest BCUT2D eigenvalue weighted by Crippen LogP contribution is 2.45. The molecule has 0 aromatic rings. The Hall–Kier alpha value is -0.300. The van der Waals surface area contributed by atoms with E-state index in [-0.39, 0.29) is 6.10 Å². The van der Waals surface area contributed by atoms with E-state index in [4.69, 9.17) is 0 Å². The molecular formula is C8H12O. The maximum Gasteiger partial charge on any atom is 0.0585 e. The molecule has 0 aromatic carbocycles. The Morgan fingerprint density at radius 3 is 2.67 bits per heavy atom. The Bertz CT molecular complexity index is 143. The average Bonchev–Trinajstić information content (AvgIpc) is 2.04. The summed E-state index contributed by atoms with van der Waals surface area (Å²) in [5, 5.41) is 9.25. The molecule has 0 unspecified atom stereocenters. The molecule has 1 nitrogen and oxygen atoms in total. The highest BCUT2D eigenvalue weighted by molar-refractivity contribution is 5.13. The third kappa shape index (κ3) is 0.584. The summed E-state index contributed by atoms with van der Waals surface area (Å²) in [5.74, 6) is 1.92. The summed E-state index contributed by atoms with van der Waals surface area (Å²) < 4.78 is 0. The zero-order valence-corrected chi connectivity index (χ0v) is 5.62. The van der Waals surface area contributed by atoms with Gasteiger partial charge >= 0.3 is 0 Å². The molecule has 0 aromatic heterocycles. The standard InChI is InChI=1S/C8H12O/c1-5-2-3-6-4-7(9)8(5)6/h2-3,5-9H,4H2,1H3/t5-,6+,7-,8-/m1/s1. The van der Waals surface area contributed by atoms with Crippen LogP contribution in [0.3, 0.4) is 0 Å². The molecule has 0 saturated heterocycles. The highest BCUT2D eigenvalue weighted by Gasteiger charge is 2.43. The maximum atomic E-state index is 9.25. The molecule has 0 aliphatic heterocycles. The lowest BCUT2D eigenvalue weighted by Gasteiger charge is -2.38. The van der Waals surface area contributed by atoms with Crippen LogP contribution in [0, 0.1) is 17.8 Å². The van der Waals surface area contributed by atoms with Gasteiger partial charge in [0.25, 0.3) is 0 Å². The third-order valence-electron chi connectivity index (χ3n) is 2.72. The number of rotatable bonds is 0. The Kier molecular flexibility index (Phi) is 0.974. The summed E-state index contributed by atoms with van der Waals surface area (Å²) >= 11 is 0. The van der Waals surface area contributed by atoms with Crippen molar-refractivity contribution in [2.24, 2.45) is 17.8 Å². The summed E-state index contributed by atoms with van der Waals surface area (Å²) in [6.45, 7) is 2.18. The van der Waals surface area contributed by atoms with Crippen LogP contribution in [-0.2, 0) is 0 Å². The minimum atomic E-state index is -0.000000000000000222. The second-order valence-corrected chi connectivity index (χ2v) is 3.29. The van der Waals surface area contributed by atoms with Crippen molar-refractivity contribution in [2.45, 2.75) is 19.4 Å². The predicted molar refractivity (Wildman–Crippen MR) is 35.9 cm³/mol. The largest absolute Gasteiger partial charge is 0.393 e. The van der Waals surface area contributed by atoms with E-state index in [9.17, 15) is 5.11 Å². The quantitative estimate of drug-likeness (QED) is 0.481. The van der Waals surface area contributed by atoms with Crippen LogP contribution in [0.4, 0.5) is 0 Å². The molecule has 4 atom stereocenters. The van der Waals surface area contributed by atoms with Crippen LogP contribution in [-0.4, -0.2) is 11.2 Å². The second kappa shape index (κ2) is 1.60. The second-order valence-electron chi connectivity index (χ2n) is 3.29. The van der Waals surface area contributed by atoms with Crippen molar-refractivity contribution in [1.29, 1.82) is 0 Å². The van der Waals surface area contributed by atoms with E-state index < -0.39 is 0 Å². The lowest BCUT2D eigenvalue weighted by atomic mass is 9.70. The summed E-state index contributed by atoms with van der Waals surface area (Å²) in [7, 11) is 0. The number of hydrogen-bond acceptors (Lipinski definition) is 1. The number of fused-ring (bicyclic) bond motifs is 1. The number of aliphatic hydroxyl groups is 1. The fourth-order valence-corrected chi connectivity index (χ4v) is 2.08. The molecule has 2 rings (SSSR count). The van der Waals surface area contributed by atoms with E-state index in [0.717, 1.165) is 12.3 Å². The fraction of sp³-hybridized carbons (Fsp3) is 0.750. The monoisotopic (exact) mass is 124 g/mol. The van der Waals surface area contributed by atoms with Crippen LogP contribution < -0.4 is 0 Å². The van der Waals surface area contributed by atoms with Crippen molar-refractivity contribution in [3.8, 4) is 0 Å². The van der Waals surface area contributed by atoms with Gasteiger partial charge in [0.05, 0.1) is 6.10 Å². The maximum absolute atomic E-state index is 9.25. The minimum absolute atomic E-state index is 0.000000000000000222. The third-order valence-corrected chi connectivity index (χ3v) is 2.72. The van der Waals surface area contributed by atoms with Crippen molar-refractivity contribution in [1.82, 2.24) is 0 Å². The molecule has 2 aliphatic rings. The molecule has 2 aliphatic carbocycles. The molecule has 0 radical (unpaired) electrons. The predicted octanol–water partition coefficient (Wildman–Crippen LogP) is 1.19. The lowest BCUT2D eigenvalue weighted by Crippen LogP contribution is -2.40. The van der Waals surface area contributed by atoms with Crippen molar-refractivity contribution in [3.63, 3.8) is 0 Å². The van der Waals surface area contributed by atoms with Crippen LogP contribution in [0.25, 0.3) is 0 Å². The summed E-state index contributed by atoms with van der Waals surface area (Å²) in [6.07, 6.45) is 5.49. The van der Waals surface area contributed by atoms with Crippen LogP contribution in [0.15, 0.2) is 12.2 Å². The van der Waals surface area contributed by atoms with Crippen molar-refractivity contribution in [3.05, 3.63) is 12.2 Å². The van der Waals surface area contributed by atoms with Gasteiger partial charge in [-0.2, -0.15) is 0 Å². The number of hydrogen-bond donors (Lipinski definition) is 1. The van der Waals surface area contributed by atoms with Gasteiger partial charge in [-0.1, -0.05) is 19.1 Å². The van der Waals surface area contributed by atoms with Crippen LogP contribution in [0.5, 0.6) is 0 Å². The number of aliphatic hydroxyl groups excluding tert-OH is 1. The van der Waals surface area contributed by atoms with Gasteiger partial charge in [-0.25, -0.2) is 0 Å². The van der Waals surface area contributed by atoms with Crippen molar-refractivity contribution < 1.29 is 5.11 Å². The smallest absolute Gasteiger partial charge is 0.0585 e. The SMILES string of the molecule is C[C@@H]1C=C[C@H]2C[C@@H](O)[C@H]12. The zero-order chi connectivity index (χ0) is 6.43. The minimum Gasteiger partial charge on any atom is -0.393 e. The van der Waals surface area contributed by atoms with Gasteiger partial charge in [-0.15, -0.1) is 0 Å². The highest BCUT2D eigenvalue weighted by atomic mass is 16.3. The summed E-state index contributed by atoms with van der Waals surface area (Å²) in [5.41, 5.74) is 0. The molecule has 1 N–H and O–H groups in total. The summed E-state index contributed by atoms with van der Waals surface area (Å²) in [4.78, 5) is 0. The van der Waals surface area contributed by atoms with Gasteiger partial charge in [-0.3, -0.25) is 0 Å². The van der Waals surface area contributed by atoms with Gasteiger partial charge < -0.3 is 5.11 Å². The summed E-state index contributed by atoms with van der Waals surface area (Å²) in [6, 6.07) is 0. The average molecular weight is 124 g/mol. The fourth-order valence-electron chi connectivity index (χ4n) is 2.08. The van der Waals surface area contributed by atoms with Gasteiger partial charge in [0.2, 0.25) is 0 Å². The Balaban J connectivity index is 2.12. The molecule has 9 heavy (non-hydrogen) atoms. The van der Waals surface area contributed by atoms with Crippen molar-refractivity contribution >= 4 is 0 Å². The van der Waals surface area contributed by atoms with E-state index in [0.29, 0.717) is 11.8 Å². The van der Waals surface area contributed by atoms with Crippen LogP contribution in [0.1, 0.15) is 13.3 Å². The van der Waals surface area contributed by atoms with Gasteiger partial charge in [0.1, 0.15) is 0 Å². The molecular weight excluding hydrogens is 112 g/mol. The van der Waals surface area contributed by atoms with E-state index in [1.165, 1.54) is 0 Å². The van der Waals surface area contributed by atoms with E-state index >= 15 is 0 Å². The molecule has 1 fully saturated rings.